The highest BCUT2D eigenvalue weighted by Crippen LogP contribution is 2.34. The first-order chi connectivity index (χ1) is 9.43. The third-order valence-corrected chi connectivity index (χ3v) is 4.43. The second-order valence-electron chi connectivity index (χ2n) is 6.04. The monoisotopic (exact) mass is 284 g/mol. The van der Waals surface area contributed by atoms with Gasteiger partial charge in [-0.3, -0.25) is 4.79 Å². The van der Waals surface area contributed by atoms with E-state index in [4.69, 9.17) is 5.73 Å². The van der Waals surface area contributed by atoms with E-state index in [1.54, 1.807) is 0 Å². The summed E-state index contributed by atoms with van der Waals surface area (Å²) in [5.41, 5.74) is 4.77. The van der Waals surface area contributed by atoms with Gasteiger partial charge in [0.1, 0.15) is 5.54 Å². The number of hydrogen-bond acceptors (Lipinski definition) is 3. The first-order valence-electron chi connectivity index (χ1n) is 7.73. The summed E-state index contributed by atoms with van der Waals surface area (Å²) in [5.74, 6) is -0.561. The Morgan fingerprint density at radius 1 is 1.35 bits per heavy atom. The quantitative estimate of drug-likeness (QED) is 0.667. The molecule has 0 heterocycles. The molecule has 1 amide bonds. The third kappa shape index (κ3) is 4.47. The van der Waals surface area contributed by atoms with Crippen molar-refractivity contribution in [2.75, 3.05) is 0 Å². The summed E-state index contributed by atoms with van der Waals surface area (Å²) in [4.78, 5) is 23.6. The molecule has 0 aromatic carbocycles. The lowest BCUT2D eigenvalue weighted by molar-refractivity contribution is -0.149. The SMILES string of the molecule is CCCC(N)CC(=O)NC1(C(=O)O)CCC(CC)CC1. The van der Waals surface area contributed by atoms with Crippen LogP contribution in [0.25, 0.3) is 0 Å². The summed E-state index contributed by atoms with van der Waals surface area (Å²) in [5, 5.41) is 12.2. The van der Waals surface area contributed by atoms with Crippen molar-refractivity contribution in [1.29, 1.82) is 0 Å². The van der Waals surface area contributed by atoms with Crippen molar-refractivity contribution in [3.05, 3.63) is 0 Å². The summed E-state index contributed by atoms with van der Waals surface area (Å²) in [6, 6.07) is -0.183. The van der Waals surface area contributed by atoms with E-state index in [0.29, 0.717) is 18.8 Å². The number of nitrogens with one attached hydrogen (secondary N) is 1. The number of amides is 1. The number of carbonyl (C=O) groups excluding carboxylic acids is 1. The second-order valence-corrected chi connectivity index (χ2v) is 6.04. The predicted octanol–water partition coefficient (Wildman–Crippen LogP) is 2.04. The summed E-state index contributed by atoms with van der Waals surface area (Å²) in [6.07, 6.45) is 5.77. The lowest BCUT2D eigenvalue weighted by atomic mass is 9.75. The minimum Gasteiger partial charge on any atom is -0.480 e. The van der Waals surface area contributed by atoms with Crippen molar-refractivity contribution < 1.29 is 14.7 Å². The van der Waals surface area contributed by atoms with Gasteiger partial charge in [0, 0.05) is 12.5 Å². The van der Waals surface area contributed by atoms with E-state index in [2.05, 4.69) is 12.2 Å². The van der Waals surface area contributed by atoms with Crippen molar-refractivity contribution >= 4 is 11.9 Å². The highest BCUT2D eigenvalue weighted by molar-refractivity contribution is 5.87. The van der Waals surface area contributed by atoms with Crippen LogP contribution in [0.3, 0.4) is 0 Å². The zero-order valence-electron chi connectivity index (χ0n) is 12.7. The molecule has 0 aromatic rings. The van der Waals surface area contributed by atoms with Crippen molar-refractivity contribution in [2.24, 2.45) is 11.7 Å². The molecule has 116 valence electrons. The van der Waals surface area contributed by atoms with Gasteiger partial charge in [-0.15, -0.1) is 0 Å². The minimum atomic E-state index is -1.07. The molecule has 4 N–H and O–H groups in total. The van der Waals surface area contributed by atoms with Gasteiger partial charge in [0.15, 0.2) is 0 Å². The van der Waals surface area contributed by atoms with Crippen LogP contribution in [0.15, 0.2) is 0 Å². The number of rotatable bonds is 7. The molecule has 0 radical (unpaired) electrons. The van der Waals surface area contributed by atoms with E-state index in [-0.39, 0.29) is 18.4 Å². The molecule has 1 saturated carbocycles. The molecule has 0 aliphatic heterocycles. The van der Waals surface area contributed by atoms with Crippen LogP contribution < -0.4 is 11.1 Å². The predicted molar refractivity (Wildman–Crippen MR) is 78.3 cm³/mol. The summed E-state index contributed by atoms with van der Waals surface area (Å²) >= 11 is 0. The second kappa shape index (κ2) is 7.62. The Morgan fingerprint density at radius 3 is 2.40 bits per heavy atom. The van der Waals surface area contributed by atoms with E-state index < -0.39 is 11.5 Å². The van der Waals surface area contributed by atoms with Crippen LogP contribution in [0, 0.1) is 5.92 Å². The van der Waals surface area contributed by atoms with Gasteiger partial charge < -0.3 is 16.2 Å². The van der Waals surface area contributed by atoms with Gasteiger partial charge in [-0.1, -0.05) is 26.7 Å². The average molecular weight is 284 g/mol. The summed E-state index contributed by atoms with van der Waals surface area (Å²) in [6.45, 7) is 4.14. The fraction of sp³-hybridized carbons (Fsp3) is 0.867. The van der Waals surface area contributed by atoms with E-state index in [9.17, 15) is 14.7 Å². The maximum absolute atomic E-state index is 12.0. The Balaban J connectivity index is 2.59. The zero-order valence-corrected chi connectivity index (χ0v) is 12.7. The molecule has 20 heavy (non-hydrogen) atoms. The molecule has 1 rings (SSSR count). The van der Waals surface area contributed by atoms with Crippen LogP contribution in [0.1, 0.15) is 65.2 Å². The Labute approximate surface area is 121 Å². The average Bonchev–Trinajstić information content (AvgIpc) is 2.39. The van der Waals surface area contributed by atoms with Gasteiger partial charge in [-0.05, 0) is 38.0 Å². The number of carboxylic acid groups (broad SMARTS) is 1. The zero-order chi connectivity index (χ0) is 15.2. The third-order valence-electron chi connectivity index (χ3n) is 4.43. The minimum absolute atomic E-state index is 0.183. The lowest BCUT2D eigenvalue weighted by Gasteiger charge is -2.37. The van der Waals surface area contributed by atoms with Crippen LogP contribution in [0.2, 0.25) is 0 Å². The number of carbonyl (C=O) groups is 2. The van der Waals surface area contributed by atoms with E-state index in [0.717, 1.165) is 32.1 Å². The Kier molecular flexibility index (Phi) is 6.46. The van der Waals surface area contributed by atoms with Crippen molar-refractivity contribution in [2.45, 2.75) is 76.8 Å². The molecule has 5 nitrogen and oxygen atoms in total. The molecule has 1 aliphatic rings. The maximum Gasteiger partial charge on any atom is 0.329 e. The fourth-order valence-electron chi connectivity index (χ4n) is 3.00. The van der Waals surface area contributed by atoms with Gasteiger partial charge in [0.05, 0.1) is 0 Å². The largest absolute Gasteiger partial charge is 0.480 e. The molecule has 5 heteroatoms. The van der Waals surface area contributed by atoms with Gasteiger partial charge in [0.25, 0.3) is 0 Å². The van der Waals surface area contributed by atoms with E-state index in [1.807, 2.05) is 6.92 Å². The topological polar surface area (TPSA) is 92.4 Å². The van der Waals surface area contributed by atoms with E-state index in [1.165, 1.54) is 0 Å². The molecule has 1 fully saturated rings. The number of carboxylic acids is 1. The molecular formula is C15H28N2O3. The smallest absolute Gasteiger partial charge is 0.329 e. The summed E-state index contributed by atoms with van der Waals surface area (Å²) in [7, 11) is 0. The number of nitrogens with two attached hydrogens (primary N) is 1. The Hall–Kier alpha value is -1.10. The van der Waals surface area contributed by atoms with Gasteiger partial charge in [-0.25, -0.2) is 4.79 Å². The lowest BCUT2D eigenvalue weighted by Crippen LogP contribution is -2.57. The first-order valence-corrected chi connectivity index (χ1v) is 7.73. The van der Waals surface area contributed by atoms with Gasteiger partial charge in [0.2, 0.25) is 5.91 Å². The molecule has 0 bridgehead atoms. The van der Waals surface area contributed by atoms with Crippen molar-refractivity contribution in [3.8, 4) is 0 Å². The molecule has 0 saturated heterocycles. The molecule has 0 aromatic heterocycles. The standard InChI is InChI=1S/C15H28N2O3/c1-3-5-12(16)10-13(18)17-15(14(19)20)8-6-11(4-2)7-9-15/h11-12H,3-10,16H2,1-2H3,(H,17,18)(H,19,20). The van der Waals surface area contributed by atoms with E-state index >= 15 is 0 Å². The van der Waals surface area contributed by atoms with Gasteiger partial charge >= 0.3 is 5.97 Å². The van der Waals surface area contributed by atoms with Crippen LogP contribution in [0.4, 0.5) is 0 Å². The van der Waals surface area contributed by atoms with Gasteiger partial charge in [-0.2, -0.15) is 0 Å². The van der Waals surface area contributed by atoms with Crippen LogP contribution >= 0.6 is 0 Å². The number of aliphatic carboxylic acids is 1. The Morgan fingerprint density at radius 2 is 1.95 bits per heavy atom. The normalized spacial score (nSPS) is 27.9. The highest BCUT2D eigenvalue weighted by Gasteiger charge is 2.42. The molecule has 0 spiro atoms. The van der Waals surface area contributed by atoms with Crippen LogP contribution in [-0.2, 0) is 9.59 Å². The maximum atomic E-state index is 12.0. The van der Waals surface area contributed by atoms with Crippen molar-refractivity contribution in [1.82, 2.24) is 5.32 Å². The van der Waals surface area contributed by atoms with Crippen LogP contribution in [0.5, 0.6) is 0 Å². The number of hydrogen-bond donors (Lipinski definition) is 3. The Bertz CT molecular complexity index is 336. The van der Waals surface area contributed by atoms with Crippen LogP contribution in [-0.4, -0.2) is 28.6 Å². The highest BCUT2D eigenvalue weighted by atomic mass is 16.4. The molecule has 1 atom stereocenters. The van der Waals surface area contributed by atoms with Crippen molar-refractivity contribution in [3.63, 3.8) is 0 Å². The first kappa shape index (κ1) is 17.0. The molecule has 1 unspecified atom stereocenters. The fourth-order valence-corrected chi connectivity index (χ4v) is 3.00. The molecule has 1 aliphatic carbocycles. The molecular weight excluding hydrogens is 256 g/mol. The summed E-state index contributed by atoms with van der Waals surface area (Å²) < 4.78 is 0.